The largest absolute Gasteiger partial charge is 0.366 e. The average Bonchev–Trinajstić information content (AvgIpc) is 2.64. The van der Waals surface area contributed by atoms with E-state index in [9.17, 15) is 14.9 Å². The maximum atomic E-state index is 12.3. The van der Waals surface area contributed by atoms with Crippen LogP contribution in [0, 0.1) is 16.0 Å². The highest BCUT2D eigenvalue weighted by atomic mass is 16.6. The predicted octanol–water partition coefficient (Wildman–Crippen LogP) is 1.81. The van der Waals surface area contributed by atoms with E-state index in [0.717, 1.165) is 38.3 Å². The second kappa shape index (κ2) is 8.44. The van der Waals surface area contributed by atoms with E-state index >= 15 is 0 Å². The Morgan fingerprint density at radius 2 is 2.00 bits per heavy atom. The number of nitrogens with one attached hydrogen (secondary N) is 1. The molecule has 8 heteroatoms. The predicted molar refractivity (Wildman–Crippen MR) is 99.1 cm³/mol. The SMILES string of the molecule is CC1CCCCC1NC(=O)CN1CCN(c2ccc([N+](=O)[O-])nc2)CC1. The lowest BCUT2D eigenvalue weighted by Gasteiger charge is -2.36. The fraction of sp³-hybridized carbons (Fsp3) is 0.667. The Labute approximate surface area is 153 Å². The molecule has 0 spiro atoms. The van der Waals surface area contributed by atoms with E-state index in [1.807, 2.05) is 0 Å². The molecule has 2 unspecified atom stereocenters. The molecular weight excluding hydrogens is 334 g/mol. The van der Waals surface area contributed by atoms with E-state index < -0.39 is 4.92 Å². The Morgan fingerprint density at radius 1 is 1.27 bits per heavy atom. The lowest BCUT2D eigenvalue weighted by Crippen LogP contribution is -2.51. The fourth-order valence-corrected chi connectivity index (χ4v) is 3.82. The van der Waals surface area contributed by atoms with Crippen LogP contribution in [-0.4, -0.2) is 59.5 Å². The zero-order chi connectivity index (χ0) is 18.5. The van der Waals surface area contributed by atoms with Gasteiger partial charge in [0.1, 0.15) is 0 Å². The van der Waals surface area contributed by atoms with Crippen molar-refractivity contribution in [3.8, 4) is 0 Å². The van der Waals surface area contributed by atoms with Crippen LogP contribution in [0.1, 0.15) is 32.6 Å². The molecule has 26 heavy (non-hydrogen) atoms. The summed E-state index contributed by atoms with van der Waals surface area (Å²) in [6.07, 6.45) is 6.32. The van der Waals surface area contributed by atoms with Crippen molar-refractivity contribution in [3.63, 3.8) is 0 Å². The molecule has 0 radical (unpaired) electrons. The molecule has 1 N–H and O–H groups in total. The summed E-state index contributed by atoms with van der Waals surface area (Å²) >= 11 is 0. The summed E-state index contributed by atoms with van der Waals surface area (Å²) in [6.45, 7) is 5.82. The van der Waals surface area contributed by atoms with Crippen molar-refractivity contribution in [3.05, 3.63) is 28.4 Å². The zero-order valence-electron chi connectivity index (χ0n) is 15.3. The van der Waals surface area contributed by atoms with Gasteiger partial charge in [-0.3, -0.25) is 9.69 Å². The first-order valence-corrected chi connectivity index (χ1v) is 9.40. The quantitative estimate of drug-likeness (QED) is 0.635. The van der Waals surface area contributed by atoms with Gasteiger partial charge in [-0.2, -0.15) is 0 Å². The molecule has 0 bridgehead atoms. The molecule has 1 saturated heterocycles. The summed E-state index contributed by atoms with van der Waals surface area (Å²) in [7, 11) is 0. The van der Waals surface area contributed by atoms with Crippen LogP contribution in [0.3, 0.4) is 0 Å². The van der Waals surface area contributed by atoms with Gasteiger partial charge in [0.25, 0.3) is 0 Å². The Morgan fingerprint density at radius 3 is 2.62 bits per heavy atom. The minimum atomic E-state index is -0.493. The summed E-state index contributed by atoms with van der Waals surface area (Å²) < 4.78 is 0. The number of hydrogen-bond donors (Lipinski definition) is 1. The third kappa shape index (κ3) is 4.69. The van der Waals surface area contributed by atoms with Crippen LogP contribution < -0.4 is 10.2 Å². The molecule has 8 nitrogen and oxygen atoms in total. The number of carbonyl (C=O) groups excluding carboxylic acids is 1. The molecule has 1 amide bonds. The fourth-order valence-electron chi connectivity index (χ4n) is 3.82. The van der Waals surface area contributed by atoms with E-state index in [4.69, 9.17) is 0 Å². The number of amides is 1. The van der Waals surface area contributed by atoms with Crippen molar-refractivity contribution in [1.29, 1.82) is 0 Å². The zero-order valence-corrected chi connectivity index (χ0v) is 15.3. The first kappa shape index (κ1) is 18.6. The molecule has 1 aliphatic carbocycles. The van der Waals surface area contributed by atoms with Gasteiger partial charge < -0.3 is 20.3 Å². The van der Waals surface area contributed by atoms with Gasteiger partial charge in [-0.05, 0) is 34.7 Å². The number of anilines is 1. The number of rotatable bonds is 5. The molecule has 2 aliphatic rings. The van der Waals surface area contributed by atoms with Crippen LogP contribution >= 0.6 is 0 Å². The normalized spacial score (nSPS) is 24.3. The van der Waals surface area contributed by atoms with Gasteiger partial charge in [-0.15, -0.1) is 0 Å². The summed E-state index contributed by atoms with van der Waals surface area (Å²) in [5.74, 6) is 0.550. The second-order valence-electron chi connectivity index (χ2n) is 7.33. The average molecular weight is 361 g/mol. The van der Waals surface area contributed by atoms with E-state index in [0.29, 0.717) is 18.5 Å². The Bertz CT molecular complexity index is 628. The Hall–Kier alpha value is -2.22. The molecule has 1 aromatic rings. The molecule has 1 aromatic heterocycles. The monoisotopic (exact) mass is 361 g/mol. The molecule has 1 aliphatic heterocycles. The number of nitrogens with zero attached hydrogens (tertiary/aromatic N) is 4. The van der Waals surface area contributed by atoms with Crippen molar-refractivity contribution in [2.75, 3.05) is 37.6 Å². The van der Waals surface area contributed by atoms with E-state index in [2.05, 4.69) is 27.0 Å². The van der Waals surface area contributed by atoms with Gasteiger partial charge in [0.2, 0.25) is 5.91 Å². The van der Waals surface area contributed by atoms with Crippen molar-refractivity contribution in [2.45, 2.75) is 38.6 Å². The molecule has 2 heterocycles. The highest BCUT2D eigenvalue weighted by Gasteiger charge is 2.25. The number of aromatic nitrogens is 1. The third-order valence-corrected chi connectivity index (χ3v) is 5.48. The maximum absolute atomic E-state index is 12.3. The molecule has 3 rings (SSSR count). The van der Waals surface area contributed by atoms with Gasteiger partial charge in [-0.25, -0.2) is 0 Å². The van der Waals surface area contributed by atoms with Crippen LogP contribution in [0.25, 0.3) is 0 Å². The van der Waals surface area contributed by atoms with Crippen LogP contribution in [0.15, 0.2) is 18.3 Å². The summed E-state index contributed by atoms with van der Waals surface area (Å²) in [6, 6.07) is 3.49. The van der Waals surface area contributed by atoms with Gasteiger partial charge in [0, 0.05) is 38.3 Å². The van der Waals surface area contributed by atoms with Gasteiger partial charge in [0.15, 0.2) is 6.20 Å². The van der Waals surface area contributed by atoms with Crippen LogP contribution in [0.2, 0.25) is 0 Å². The number of piperazine rings is 1. The van der Waals surface area contributed by atoms with Crippen molar-refractivity contribution < 1.29 is 9.72 Å². The van der Waals surface area contributed by atoms with E-state index in [1.165, 1.54) is 25.3 Å². The van der Waals surface area contributed by atoms with Crippen molar-refractivity contribution in [2.24, 2.45) is 5.92 Å². The summed E-state index contributed by atoms with van der Waals surface area (Å²) in [4.78, 5) is 30.7. The minimum Gasteiger partial charge on any atom is -0.366 e. The van der Waals surface area contributed by atoms with Crippen molar-refractivity contribution >= 4 is 17.4 Å². The van der Waals surface area contributed by atoms with Crippen LogP contribution in [0.5, 0.6) is 0 Å². The molecule has 2 atom stereocenters. The third-order valence-electron chi connectivity index (χ3n) is 5.48. The van der Waals surface area contributed by atoms with E-state index in [-0.39, 0.29) is 11.7 Å². The molecular formula is C18H27N5O3. The van der Waals surface area contributed by atoms with E-state index in [1.54, 1.807) is 12.3 Å². The number of carbonyl (C=O) groups is 1. The minimum absolute atomic E-state index is 0.120. The summed E-state index contributed by atoms with van der Waals surface area (Å²) in [5, 5.41) is 13.9. The van der Waals surface area contributed by atoms with Crippen molar-refractivity contribution in [1.82, 2.24) is 15.2 Å². The Balaban J connectivity index is 1.44. The lowest BCUT2D eigenvalue weighted by molar-refractivity contribution is -0.389. The first-order valence-electron chi connectivity index (χ1n) is 9.40. The second-order valence-corrected chi connectivity index (χ2v) is 7.33. The van der Waals surface area contributed by atoms with Crippen LogP contribution in [-0.2, 0) is 4.79 Å². The number of pyridine rings is 1. The van der Waals surface area contributed by atoms with Gasteiger partial charge in [-0.1, -0.05) is 19.8 Å². The smallest absolute Gasteiger partial charge is 0.363 e. The standard InChI is InChI=1S/C18H27N5O3/c1-14-4-2-3-5-16(14)20-18(24)13-21-8-10-22(11-9-21)15-6-7-17(19-12-15)23(25)26/h6-7,12,14,16H,2-5,8-11,13H2,1H3,(H,20,24). The number of hydrogen-bond acceptors (Lipinski definition) is 6. The maximum Gasteiger partial charge on any atom is 0.363 e. The van der Waals surface area contributed by atoms with Gasteiger partial charge in [0.05, 0.1) is 12.2 Å². The molecule has 142 valence electrons. The topological polar surface area (TPSA) is 91.6 Å². The lowest BCUT2D eigenvalue weighted by atomic mass is 9.86. The highest BCUT2D eigenvalue weighted by molar-refractivity contribution is 5.78. The molecule has 1 saturated carbocycles. The molecule has 2 fully saturated rings. The summed E-state index contributed by atoms with van der Waals surface area (Å²) in [5.41, 5.74) is 0.885. The molecule has 0 aromatic carbocycles. The number of nitro groups is 1. The highest BCUT2D eigenvalue weighted by Crippen LogP contribution is 2.23. The Kier molecular flexibility index (Phi) is 6.03. The first-order chi connectivity index (χ1) is 12.5. The van der Waals surface area contributed by atoms with Gasteiger partial charge >= 0.3 is 5.82 Å². The van der Waals surface area contributed by atoms with Crippen LogP contribution in [0.4, 0.5) is 11.5 Å².